The van der Waals surface area contributed by atoms with Gasteiger partial charge in [0.15, 0.2) is 0 Å². The van der Waals surface area contributed by atoms with E-state index in [9.17, 15) is 9.50 Å². The van der Waals surface area contributed by atoms with Crippen molar-refractivity contribution in [3.05, 3.63) is 29.1 Å². The molecule has 1 atom stereocenters. The van der Waals surface area contributed by atoms with Gasteiger partial charge in [-0.1, -0.05) is 0 Å². The van der Waals surface area contributed by atoms with E-state index in [-0.39, 0.29) is 5.82 Å². The first-order valence-electron chi connectivity index (χ1n) is 4.29. The maximum Gasteiger partial charge on any atom is 0.126 e. The largest absolute Gasteiger partial charge is 0.493 e. The molecule has 1 N–H and O–H groups in total. The zero-order chi connectivity index (χ0) is 9.42. The molecule has 0 amide bonds. The van der Waals surface area contributed by atoms with Crippen LogP contribution in [-0.4, -0.2) is 11.7 Å². The van der Waals surface area contributed by atoms with Crippen LogP contribution in [0.5, 0.6) is 5.75 Å². The average molecular weight is 182 g/mol. The first-order chi connectivity index (χ1) is 6.18. The molecule has 0 fully saturated rings. The SMILES string of the molecule is Cc1cc2c(cc1F)C(O)CCO2. The fourth-order valence-electron chi connectivity index (χ4n) is 1.49. The maximum atomic E-state index is 13.1. The minimum absolute atomic E-state index is 0.289. The van der Waals surface area contributed by atoms with Gasteiger partial charge in [0.05, 0.1) is 12.7 Å². The summed E-state index contributed by atoms with van der Waals surface area (Å²) in [4.78, 5) is 0. The highest BCUT2D eigenvalue weighted by Crippen LogP contribution is 2.33. The molecule has 70 valence electrons. The van der Waals surface area contributed by atoms with E-state index in [0.29, 0.717) is 29.9 Å². The van der Waals surface area contributed by atoms with E-state index in [1.54, 1.807) is 13.0 Å². The van der Waals surface area contributed by atoms with Gasteiger partial charge in [-0.2, -0.15) is 0 Å². The van der Waals surface area contributed by atoms with Crippen LogP contribution in [0.25, 0.3) is 0 Å². The summed E-state index contributed by atoms with van der Waals surface area (Å²) in [5, 5.41) is 9.53. The van der Waals surface area contributed by atoms with Gasteiger partial charge in [0.25, 0.3) is 0 Å². The Morgan fingerprint density at radius 1 is 1.54 bits per heavy atom. The topological polar surface area (TPSA) is 29.5 Å². The van der Waals surface area contributed by atoms with Gasteiger partial charge in [0.2, 0.25) is 0 Å². The van der Waals surface area contributed by atoms with E-state index in [1.165, 1.54) is 6.07 Å². The van der Waals surface area contributed by atoms with Crippen molar-refractivity contribution in [1.29, 1.82) is 0 Å². The third-order valence-electron chi connectivity index (χ3n) is 2.30. The Kier molecular flexibility index (Phi) is 1.96. The quantitative estimate of drug-likeness (QED) is 0.664. The molecular formula is C10H11FO2. The summed E-state index contributed by atoms with van der Waals surface area (Å²) >= 11 is 0. The molecule has 0 bridgehead atoms. The lowest BCUT2D eigenvalue weighted by atomic mass is 10.0. The number of hydrogen-bond donors (Lipinski definition) is 1. The molecule has 13 heavy (non-hydrogen) atoms. The lowest BCUT2D eigenvalue weighted by molar-refractivity contribution is 0.115. The lowest BCUT2D eigenvalue weighted by Crippen LogP contribution is -2.14. The highest BCUT2D eigenvalue weighted by Gasteiger charge is 2.20. The lowest BCUT2D eigenvalue weighted by Gasteiger charge is -2.22. The highest BCUT2D eigenvalue weighted by atomic mass is 19.1. The molecule has 1 aromatic carbocycles. The Morgan fingerprint density at radius 2 is 2.31 bits per heavy atom. The molecule has 2 nitrogen and oxygen atoms in total. The first kappa shape index (κ1) is 8.51. The third kappa shape index (κ3) is 1.40. The van der Waals surface area contributed by atoms with Crippen molar-refractivity contribution in [2.45, 2.75) is 19.4 Å². The zero-order valence-electron chi connectivity index (χ0n) is 7.38. The monoisotopic (exact) mass is 182 g/mol. The Balaban J connectivity index is 2.52. The summed E-state index contributed by atoms with van der Waals surface area (Å²) in [6.07, 6.45) is -0.0472. The summed E-state index contributed by atoms with van der Waals surface area (Å²) in [6, 6.07) is 2.99. The molecule has 0 saturated heterocycles. The second-order valence-electron chi connectivity index (χ2n) is 3.29. The highest BCUT2D eigenvalue weighted by molar-refractivity contribution is 5.40. The second kappa shape index (κ2) is 3.00. The van der Waals surface area contributed by atoms with Crippen LogP contribution in [-0.2, 0) is 0 Å². The maximum absolute atomic E-state index is 13.1. The number of halogens is 1. The van der Waals surface area contributed by atoms with E-state index in [4.69, 9.17) is 4.74 Å². The Morgan fingerprint density at radius 3 is 3.08 bits per heavy atom. The summed E-state index contributed by atoms with van der Waals surface area (Å²) in [5.74, 6) is 0.320. The second-order valence-corrected chi connectivity index (χ2v) is 3.29. The van der Waals surface area contributed by atoms with Crippen molar-refractivity contribution in [1.82, 2.24) is 0 Å². The molecule has 1 heterocycles. The van der Waals surface area contributed by atoms with Gasteiger partial charge < -0.3 is 9.84 Å². The molecule has 1 unspecified atom stereocenters. The molecule has 2 rings (SSSR count). The summed E-state index contributed by atoms with van der Waals surface area (Å²) in [6.45, 7) is 2.18. The van der Waals surface area contributed by atoms with Gasteiger partial charge in [0.1, 0.15) is 11.6 Å². The van der Waals surface area contributed by atoms with Crippen LogP contribution in [0.1, 0.15) is 23.7 Å². The summed E-state index contributed by atoms with van der Waals surface area (Å²) < 4.78 is 18.4. The molecule has 0 radical (unpaired) electrons. The minimum atomic E-state index is -0.584. The Hall–Kier alpha value is -1.09. The van der Waals surface area contributed by atoms with Crippen molar-refractivity contribution in [3.8, 4) is 5.75 Å². The molecule has 0 aliphatic carbocycles. The van der Waals surface area contributed by atoms with Crippen LogP contribution in [0.2, 0.25) is 0 Å². The van der Waals surface area contributed by atoms with E-state index in [2.05, 4.69) is 0 Å². The molecule has 1 aliphatic heterocycles. The van der Waals surface area contributed by atoms with Crippen LogP contribution in [0, 0.1) is 12.7 Å². The van der Waals surface area contributed by atoms with Crippen LogP contribution in [0.4, 0.5) is 4.39 Å². The number of benzene rings is 1. The van der Waals surface area contributed by atoms with E-state index in [1.807, 2.05) is 0 Å². The van der Waals surface area contributed by atoms with Crippen LogP contribution in [0.3, 0.4) is 0 Å². The minimum Gasteiger partial charge on any atom is -0.493 e. The van der Waals surface area contributed by atoms with Gasteiger partial charge in [-0.05, 0) is 24.6 Å². The van der Waals surface area contributed by atoms with Crippen molar-refractivity contribution < 1.29 is 14.2 Å². The fourth-order valence-corrected chi connectivity index (χ4v) is 1.49. The Bertz CT molecular complexity index is 336. The zero-order valence-corrected chi connectivity index (χ0v) is 7.38. The number of aliphatic hydroxyl groups excluding tert-OH is 1. The van der Waals surface area contributed by atoms with E-state index >= 15 is 0 Å². The normalized spacial score (nSPS) is 20.7. The molecule has 0 saturated carbocycles. The van der Waals surface area contributed by atoms with Crippen LogP contribution in [0.15, 0.2) is 12.1 Å². The third-order valence-corrected chi connectivity index (χ3v) is 2.30. The van der Waals surface area contributed by atoms with E-state index < -0.39 is 6.10 Å². The van der Waals surface area contributed by atoms with Gasteiger partial charge in [-0.3, -0.25) is 0 Å². The van der Waals surface area contributed by atoms with Crippen LogP contribution >= 0.6 is 0 Å². The predicted octanol–water partition coefficient (Wildman–Crippen LogP) is 1.95. The van der Waals surface area contributed by atoms with Crippen molar-refractivity contribution in [3.63, 3.8) is 0 Å². The molecular weight excluding hydrogens is 171 g/mol. The average Bonchev–Trinajstić information content (AvgIpc) is 2.09. The summed E-state index contributed by atoms with van der Waals surface area (Å²) in [7, 11) is 0. The molecule has 3 heteroatoms. The number of aliphatic hydroxyl groups is 1. The Labute approximate surface area is 76.0 Å². The number of aryl methyl sites for hydroxylation is 1. The van der Waals surface area contributed by atoms with Gasteiger partial charge >= 0.3 is 0 Å². The van der Waals surface area contributed by atoms with Gasteiger partial charge in [-0.25, -0.2) is 4.39 Å². The van der Waals surface area contributed by atoms with Crippen molar-refractivity contribution in [2.75, 3.05) is 6.61 Å². The molecule has 0 aromatic heterocycles. The number of ether oxygens (including phenoxy) is 1. The standard InChI is InChI=1S/C10H11FO2/c1-6-4-10-7(5-8(6)11)9(12)2-3-13-10/h4-5,9,12H,2-3H2,1H3. The fraction of sp³-hybridized carbons (Fsp3) is 0.400. The van der Waals surface area contributed by atoms with Crippen molar-refractivity contribution >= 4 is 0 Å². The van der Waals surface area contributed by atoms with Gasteiger partial charge in [-0.15, -0.1) is 0 Å². The molecule has 0 spiro atoms. The molecule has 1 aliphatic rings. The first-order valence-corrected chi connectivity index (χ1v) is 4.29. The van der Waals surface area contributed by atoms with Crippen LogP contribution < -0.4 is 4.74 Å². The van der Waals surface area contributed by atoms with Gasteiger partial charge in [0, 0.05) is 12.0 Å². The number of fused-ring (bicyclic) bond motifs is 1. The number of hydrogen-bond acceptors (Lipinski definition) is 2. The van der Waals surface area contributed by atoms with E-state index in [0.717, 1.165) is 0 Å². The predicted molar refractivity (Wildman–Crippen MR) is 46.2 cm³/mol. The number of rotatable bonds is 0. The summed E-state index contributed by atoms with van der Waals surface area (Å²) in [5.41, 5.74) is 1.11. The van der Waals surface area contributed by atoms with Crippen molar-refractivity contribution in [2.24, 2.45) is 0 Å². The smallest absolute Gasteiger partial charge is 0.126 e. The molecule has 1 aromatic rings.